The Morgan fingerprint density at radius 3 is 2.71 bits per heavy atom. The molecule has 2 aromatic carbocycles. The molecule has 2 atom stereocenters. The van der Waals surface area contributed by atoms with Crippen LogP contribution in [-0.4, -0.2) is 39.7 Å². The van der Waals surface area contributed by atoms with Crippen molar-refractivity contribution in [3.8, 4) is 12.1 Å². The lowest BCUT2D eigenvalue weighted by Crippen LogP contribution is -2.62. The number of hydrogen-bond acceptors (Lipinski definition) is 6. The zero-order valence-corrected chi connectivity index (χ0v) is 19.6. The lowest BCUT2D eigenvalue weighted by atomic mass is 10.0. The van der Waals surface area contributed by atoms with Gasteiger partial charge in [0.25, 0.3) is 5.91 Å². The number of pyridine rings is 1. The first-order chi connectivity index (χ1) is 16.9. The molecule has 1 saturated heterocycles. The van der Waals surface area contributed by atoms with Gasteiger partial charge in [-0.2, -0.15) is 10.5 Å². The standard InChI is InChI=1S/C25H15ClFN5O2S/c26-19-9-16(27)4-5-17(19)22-10-20-23(35-22)24(33)32(25(34)31(20)7-1-6-28)21-13-30-12-15-3-2-14(11-29)8-18(15)21/h2-5,8-10,12-13,20,23H,1,7H2. The van der Waals surface area contributed by atoms with E-state index in [-0.39, 0.29) is 23.7 Å². The number of carbonyl (C=O) groups is 2. The van der Waals surface area contributed by atoms with Crippen LogP contribution in [0.2, 0.25) is 5.02 Å². The second kappa shape index (κ2) is 9.03. The molecular weight excluding hydrogens is 489 g/mol. The van der Waals surface area contributed by atoms with Crippen LogP contribution in [0.5, 0.6) is 0 Å². The maximum absolute atomic E-state index is 13.7. The van der Waals surface area contributed by atoms with E-state index in [1.165, 1.54) is 41.1 Å². The smallest absolute Gasteiger partial charge is 0.315 e. The van der Waals surface area contributed by atoms with Crippen LogP contribution in [-0.2, 0) is 4.79 Å². The third kappa shape index (κ3) is 3.89. The van der Waals surface area contributed by atoms with Crippen LogP contribution in [0.1, 0.15) is 17.5 Å². The fourth-order valence-electron chi connectivity index (χ4n) is 4.29. The Morgan fingerprint density at radius 1 is 1.14 bits per heavy atom. The molecule has 2 unspecified atom stereocenters. The van der Waals surface area contributed by atoms with E-state index >= 15 is 0 Å². The number of carbonyl (C=O) groups excluding carboxylic acids is 2. The summed E-state index contributed by atoms with van der Waals surface area (Å²) in [5.41, 5.74) is 1.21. The molecule has 7 nitrogen and oxygen atoms in total. The third-order valence-electron chi connectivity index (χ3n) is 5.92. The van der Waals surface area contributed by atoms with E-state index in [1.54, 1.807) is 30.5 Å². The van der Waals surface area contributed by atoms with Gasteiger partial charge in [-0.15, -0.1) is 11.8 Å². The molecule has 35 heavy (non-hydrogen) atoms. The minimum Gasteiger partial charge on any atom is -0.315 e. The van der Waals surface area contributed by atoms with Crippen molar-refractivity contribution < 1.29 is 14.0 Å². The van der Waals surface area contributed by atoms with E-state index in [2.05, 4.69) is 11.1 Å². The van der Waals surface area contributed by atoms with E-state index < -0.39 is 29.0 Å². The second-order valence-electron chi connectivity index (χ2n) is 7.95. The van der Waals surface area contributed by atoms with Crippen molar-refractivity contribution in [2.24, 2.45) is 0 Å². The van der Waals surface area contributed by atoms with Crippen molar-refractivity contribution in [3.63, 3.8) is 0 Å². The number of benzene rings is 2. The molecule has 5 rings (SSSR count). The third-order valence-corrected chi connectivity index (χ3v) is 7.57. The number of urea groups is 1. The number of anilines is 1. The number of amides is 3. The van der Waals surface area contributed by atoms with Gasteiger partial charge in [0.2, 0.25) is 0 Å². The number of fused-ring (bicyclic) bond motifs is 2. The number of nitriles is 2. The zero-order chi connectivity index (χ0) is 24.7. The normalized spacial score (nSPS) is 19.4. The molecule has 3 aromatic rings. The number of halogens is 2. The summed E-state index contributed by atoms with van der Waals surface area (Å²) in [6.45, 7) is 0.114. The summed E-state index contributed by atoms with van der Waals surface area (Å²) in [7, 11) is 0. The number of hydrogen-bond donors (Lipinski definition) is 0. The highest BCUT2D eigenvalue weighted by atomic mass is 35.5. The maximum Gasteiger partial charge on any atom is 0.332 e. The number of thioether (sulfide) groups is 1. The summed E-state index contributed by atoms with van der Waals surface area (Å²) < 4.78 is 13.6. The van der Waals surface area contributed by atoms with Gasteiger partial charge < -0.3 is 4.90 Å². The largest absolute Gasteiger partial charge is 0.332 e. The molecule has 0 spiro atoms. The molecule has 0 radical (unpaired) electrons. The highest BCUT2D eigenvalue weighted by Crippen LogP contribution is 2.47. The predicted molar refractivity (Wildman–Crippen MR) is 131 cm³/mol. The number of rotatable bonds is 4. The van der Waals surface area contributed by atoms with Crippen LogP contribution in [0, 0.1) is 28.5 Å². The van der Waals surface area contributed by atoms with E-state index in [4.69, 9.17) is 16.9 Å². The molecule has 0 N–H and O–H groups in total. The molecule has 3 heterocycles. The molecule has 0 bridgehead atoms. The predicted octanol–water partition coefficient (Wildman–Crippen LogP) is 5.11. The maximum atomic E-state index is 13.7. The van der Waals surface area contributed by atoms with Gasteiger partial charge in [-0.25, -0.2) is 14.1 Å². The molecule has 3 amide bonds. The topological polar surface area (TPSA) is 101 Å². The van der Waals surface area contributed by atoms with Gasteiger partial charge in [0.1, 0.15) is 11.1 Å². The van der Waals surface area contributed by atoms with Gasteiger partial charge in [0.05, 0.1) is 47.1 Å². The van der Waals surface area contributed by atoms with Crippen LogP contribution < -0.4 is 4.90 Å². The van der Waals surface area contributed by atoms with Crippen molar-refractivity contribution in [1.82, 2.24) is 9.88 Å². The lowest BCUT2D eigenvalue weighted by Gasteiger charge is -2.41. The molecule has 10 heteroatoms. The Kier molecular flexibility index (Phi) is 5.89. The van der Waals surface area contributed by atoms with Crippen LogP contribution in [0.4, 0.5) is 14.9 Å². The van der Waals surface area contributed by atoms with Crippen LogP contribution in [0.3, 0.4) is 0 Å². The second-order valence-corrected chi connectivity index (χ2v) is 9.54. The Bertz CT molecular complexity index is 1510. The van der Waals surface area contributed by atoms with Crippen LogP contribution in [0.15, 0.2) is 54.9 Å². The summed E-state index contributed by atoms with van der Waals surface area (Å²) in [6.07, 6.45) is 4.87. The quantitative estimate of drug-likeness (QED) is 0.490. The SMILES string of the molecule is N#CCCN1C(=O)N(c2cncc3ccc(C#N)cc23)C(=O)C2SC(c3ccc(F)cc3Cl)=CC21. The minimum absolute atomic E-state index is 0.0779. The van der Waals surface area contributed by atoms with Gasteiger partial charge in [-0.1, -0.05) is 17.7 Å². The lowest BCUT2D eigenvalue weighted by molar-refractivity contribution is -0.119. The van der Waals surface area contributed by atoms with E-state index in [1.807, 2.05) is 6.07 Å². The van der Waals surface area contributed by atoms with E-state index in [0.29, 0.717) is 26.8 Å². The van der Waals surface area contributed by atoms with E-state index in [9.17, 15) is 19.2 Å². The van der Waals surface area contributed by atoms with Gasteiger partial charge in [0, 0.05) is 34.0 Å². The summed E-state index contributed by atoms with van der Waals surface area (Å²) in [5.74, 6) is -0.924. The Morgan fingerprint density at radius 2 is 1.97 bits per heavy atom. The van der Waals surface area contributed by atoms with Crippen molar-refractivity contribution >= 4 is 56.7 Å². The van der Waals surface area contributed by atoms with Crippen molar-refractivity contribution in [1.29, 1.82) is 10.5 Å². The summed E-state index contributed by atoms with van der Waals surface area (Å²) in [6, 6.07) is 11.9. The fourth-order valence-corrected chi connectivity index (χ4v) is 5.98. The molecule has 1 fully saturated rings. The molecule has 0 saturated carbocycles. The molecular formula is C25H15ClFN5O2S. The number of nitrogens with zero attached hydrogens (tertiary/aromatic N) is 5. The zero-order valence-electron chi connectivity index (χ0n) is 18.0. The molecule has 1 aromatic heterocycles. The number of imide groups is 1. The van der Waals surface area contributed by atoms with Gasteiger partial charge >= 0.3 is 6.03 Å². The highest BCUT2D eigenvalue weighted by molar-refractivity contribution is 8.09. The molecule has 2 aliphatic heterocycles. The first-order valence-electron chi connectivity index (χ1n) is 10.6. The Balaban J connectivity index is 1.60. The Hall–Kier alpha value is -3.92. The minimum atomic E-state index is -0.697. The molecule has 172 valence electrons. The molecule has 2 aliphatic rings. The average molecular weight is 504 g/mol. The first-order valence-corrected chi connectivity index (χ1v) is 11.8. The molecule has 0 aliphatic carbocycles. The van der Waals surface area contributed by atoms with Gasteiger partial charge in [-0.05, 0) is 36.4 Å². The van der Waals surface area contributed by atoms with Crippen LogP contribution >= 0.6 is 23.4 Å². The first kappa shape index (κ1) is 22.9. The van der Waals surface area contributed by atoms with Crippen molar-refractivity contribution in [3.05, 3.63) is 76.8 Å². The Labute approximate surface area is 209 Å². The fraction of sp³-hybridized carbons (Fsp3) is 0.160. The summed E-state index contributed by atoms with van der Waals surface area (Å²) >= 11 is 7.50. The van der Waals surface area contributed by atoms with Gasteiger partial charge in [0.15, 0.2) is 0 Å². The monoisotopic (exact) mass is 503 g/mol. The average Bonchev–Trinajstić information content (AvgIpc) is 3.29. The number of aromatic nitrogens is 1. The van der Waals surface area contributed by atoms with Crippen molar-refractivity contribution in [2.45, 2.75) is 17.7 Å². The van der Waals surface area contributed by atoms with E-state index in [0.717, 1.165) is 4.90 Å². The highest BCUT2D eigenvalue weighted by Gasteiger charge is 2.50. The summed E-state index contributed by atoms with van der Waals surface area (Å²) in [5, 5.41) is 19.2. The summed E-state index contributed by atoms with van der Waals surface area (Å²) in [4.78, 5) is 34.8. The van der Waals surface area contributed by atoms with Gasteiger partial charge in [-0.3, -0.25) is 9.78 Å². The van der Waals surface area contributed by atoms with Crippen molar-refractivity contribution in [2.75, 3.05) is 11.4 Å². The van der Waals surface area contributed by atoms with Crippen LogP contribution in [0.25, 0.3) is 15.7 Å².